The van der Waals surface area contributed by atoms with Crippen LogP contribution >= 0.6 is 15.9 Å². The van der Waals surface area contributed by atoms with Crippen molar-refractivity contribution >= 4 is 26.7 Å². The second kappa shape index (κ2) is 5.97. The van der Waals surface area contributed by atoms with Crippen molar-refractivity contribution in [2.45, 2.75) is 12.8 Å². The average Bonchev–Trinajstić information content (AvgIpc) is 2.88. The fraction of sp³-hybridized carbons (Fsp3) is 0.308. The molecule has 84 valence electrons. The Morgan fingerprint density at radius 2 is 1.81 bits per heavy atom. The Kier molecular flexibility index (Phi) is 4.31. The molecule has 1 aromatic heterocycles. The number of pyridine rings is 1. The smallest absolute Gasteiger partial charge is 0.113 e. The Bertz CT molecular complexity index is 442. The van der Waals surface area contributed by atoms with Crippen LogP contribution in [0.2, 0.25) is 0 Å². The molecule has 3 heteroatoms. The van der Waals surface area contributed by atoms with Gasteiger partial charge in [0.25, 0.3) is 0 Å². The van der Waals surface area contributed by atoms with E-state index < -0.39 is 0 Å². The van der Waals surface area contributed by atoms with Crippen LogP contribution in [0.3, 0.4) is 0 Å². The monoisotopic (exact) mass is 279 g/mol. The first-order chi connectivity index (χ1) is 7.88. The highest BCUT2D eigenvalue weighted by Crippen LogP contribution is 2.20. The molecule has 1 aliphatic rings. The minimum Gasteiger partial charge on any atom is -0.381 e. The van der Waals surface area contributed by atoms with Crippen LogP contribution in [0, 0.1) is 0 Å². The second-order valence-corrected chi connectivity index (χ2v) is 4.39. The van der Waals surface area contributed by atoms with E-state index in [0.717, 1.165) is 23.2 Å². The maximum absolute atomic E-state index is 4.94. The van der Waals surface area contributed by atoms with Gasteiger partial charge in [-0.1, -0.05) is 24.3 Å². The van der Waals surface area contributed by atoms with Gasteiger partial charge in [0.2, 0.25) is 0 Å². The fourth-order valence-corrected chi connectivity index (χ4v) is 2.07. The molecule has 1 fully saturated rings. The molecule has 2 aromatic rings. The highest BCUT2D eigenvalue weighted by atomic mass is 79.9. The Labute approximate surface area is 104 Å². The Morgan fingerprint density at radius 3 is 2.44 bits per heavy atom. The maximum Gasteiger partial charge on any atom is 0.113 e. The van der Waals surface area contributed by atoms with Gasteiger partial charge in [-0.25, -0.2) is 4.98 Å². The SMILES string of the molecule is Brc1nccc2ccccc12.C1CCOC1. The summed E-state index contributed by atoms with van der Waals surface area (Å²) in [5.41, 5.74) is 0. The van der Waals surface area contributed by atoms with E-state index in [2.05, 4.69) is 27.0 Å². The number of rotatable bonds is 0. The van der Waals surface area contributed by atoms with E-state index in [1.165, 1.54) is 18.2 Å². The van der Waals surface area contributed by atoms with E-state index >= 15 is 0 Å². The van der Waals surface area contributed by atoms with E-state index in [0.29, 0.717) is 0 Å². The zero-order chi connectivity index (χ0) is 11.2. The first kappa shape index (κ1) is 11.6. The average molecular weight is 280 g/mol. The van der Waals surface area contributed by atoms with Crippen LogP contribution in [0.25, 0.3) is 10.8 Å². The minimum atomic E-state index is 0.913. The lowest BCUT2D eigenvalue weighted by Crippen LogP contribution is -1.76. The van der Waals surface area contributed by atoms with Crippen molar-refractivity contribution in [3.8, 4) is 0 Å². The Balaban J connectivity index is 0.000000162. The molecule has 16 heavy (non-hydrogen) atoms. The minimum absolute atomic E-state index is 0.913. The number of aromatic nitrogens is 1. The van der Waals surface area contributed by atoms with E-state index in [9.17, 15) is 0 Å². The summed E-state index contributed by atoms with van der Waals surface area (Å²) in [6.07, 6.45) is 4.35. The van der Waals surface area contributed by atoms with Gasteiger partial charge in [0, 0.05) is 24.8 Å². The molecule has 0 amide bonds. The summed E-state index contributed by atoms with van der Waals surface area (Å²) < 4.78 is 5.86. The third-order valence-corrected chi connectivity index (χ3v) is 3.08. The molecule has 0 radical (unpaired) electrons. The summed E-state index contributed by atoms with van der Waals surface area (Å²) >= 11 is 3.39. The summed E-state index contributed by atoms with van der Waals surface area (Å²) in [5, 5.41) is 2.38. The molecule has 2 nitrogen and oxygen atoms in total. The van der Waals surface area contributed by atoms with Gasteiger partial charge >= 0.3 is 0 Å². The van der Waals surface area contributed by atoms with Gasteiger partial charge < -0.3 is 4.74 Å². The van der Waals surface area contributed by atoms with Crippen LogP contribution < -0.4 is 0 Å². The molecule has 2 heterocycles. The Hall–Kier alpha value is -0.930. The fourth-order valence-electron chi connectivity index (χ4n) is 1.59. The molecule has 0 saturated carbocycles. The van der Waals surface area contributed by atoms with E-state index in [1.54, 1.807) is 6.20 Å². The molecule has 0 N–H and O–H groups in total. The zero-order valence-corrected chi connectivity index (χ0v) is 10.6. The van der Waals surface area contributed by atoms with Crippen molar-refractivity contribution in [2.24, 2.45) is 0 Å². The van der Waals surface area contributed by atoms with Gasteiger partial charge in [-0.05, 0) is 40.2 Å². The molecule has 0 atom stereocenters. The number of ether oxygens (including phenoxy) is 1. The highest BCUT2D eigenvalue weighted by molar-refractivity contribution is 9.10. The predicted molar refractivity (Wildman–Crippen MR) is 69.5 cm³/mol. The van der Waals surface area contributed by atoms with Gasteiger partial charge in [0.1, 0.15) is 4.60 Å². The van der Waals surface area contributed by atoms with Crippen molar-refractivity contribution in [3.63, 3.8) is 0 Å². The third-order valence-electron chi connectivity index (χ3n) is 2.45. The molecule has 1 aromatic carbocycles. The van der Waals surface area contributed by atoms with E-state index in [1.807, 2.05) is 24.3 Å². The van der Waals surface area contributed by atoms with Crippen LogP contribution in [0.15, 0.2) is 41.1 Å². The molecule has 0 unspecified atom stereocenters. The lowest BCUT2D eigenvalue weighted by molar-refractivity contribution is 0.198. The summed E-state index contributed by atoms with van der Waals surface area (Å²) in [5.74, 6) is 0. The van der Waals surface area contributed by atoms with Gasteiger partial charge in [0.15, 0.2) is 0 Å². The van der Waals surface area contributed by atoms with Crippen molar-refractivity contribution in [3.05, 3.63) is 41.1 Å². The van der Waals surface area contributed by atoms with Gasteiger partial charge in [0.05, 0.1) is 0 Å². The standard InChI is InChI=1S/C9H6BrN.C4H8O/c10-9-8-4-2-1-3-7(8)5-6-11-9;1-2-4-5-3-1/h1-6H;1-4H2. The Morgan fingerprint density at radius 1 is 1.06 bits per heavy atom. The normalized spacial score (nSPS) is 14.6. The number of hydrogen-bond acceptors (Lipinski definition) is 2. The van der Waals surface area contributed by atoms with Crippen molar-refractivity contribution in [2.75, 3.05) is 13.2 Å². The van der Waals surface area contributed by atoms with Crippen LogP contribution in [0.1, 0.15) is 12.8 Å². The van der Waals surface area contributed by atoms with Crippen LogP contribution in [0.4, 0.5) is 0 Å². The lowest BCUT2D eigenvalue weighted by Gasteiger charge is -1.96. The first-order valence-electron chi connectivity index (χ1n) is 5.45. The number of nitrogens with zero attached hydrogens (tertiary/aromatic N) is 1. The predicted octanol–water partition coefficient (Wildman–Crippen LogP) is 3.79. The van der Waals surface area contributed by atoms with Gasteiger partial charge in [-0.15, -0.1) is 0 Å². The second-order valence-electron chi connectivity index (χ2n) is 3.64. The number of fused-ring (bicyclic) bond motifs is 1. The zero-order valence-electron chi connectivity index (χ0n) is 9.03. The summed E-state index contributed by atoms with van der Waals surface area (Å²) in [6, 6.07) is 10.2. The van der Waals surface area contributed by atoms with E-state index in [-0.39, 0.29) is 0 Å². The summed E-state index contributed by atoms with van der Waals surface area (Å²) in [7, 11) is 0. The number of halogens is 1. The topological polar surface area (TPSA) is 22.1 Å². The summed E-state index contributed by atoms with van der Waals surface area (Å²) in [6.45, 7) is 2.00. The molecule has 1 aliphatic heterocycles. The van der Waals surface area contributed by atoms with Crippen molar-refractivity contribution in [1.82, 2.24) is 4.98 Å². The molecule has 0 bridgehead atoms. The lowest BCUT2D eigenvalue weighted by atomic mass is 10.2. The van der Waals surface area contributed by atoms with Crippen LogP contribution in [0.5, 0.6) is 0 Å². The van der Waals surface area contributed by atoms with E-state index in [4.69, 9.17) is 4.74 Å². The quantitative estimate of drug-likeness (QED) is 0.685. The number of hydrogen-bond donors (Lipinski definition) is 0. The first-order valence-corrected chi connectivity index (χ1v) is 6.24. The van der Waals surface area contributed by atoms with Crippen molar-refractivity contribution in [1.29, 1.82) is 0 Å². The molecular weight excluding hydrogens is 266 g/mol. The molecule has 1 saturated heterocycles. The highest BCUT2D eigenvalue weighted by Gasteiger charge is 1.95. The van der Waals surface area contributed by atoms with Gasteiger partial charge in [-0.3, -0.25) is 0 Å². The van der Waals surface area contributed by atoms with Crippen molar-refractivity contribution < 1.29 is 4.74 Å². The molecule has 3 rings (SSSR count). The molecular formula is C13H14BrNO. The largest absolute Gasteiger partial charge is 0.381 e. The molecule has 0 spiro atoms. The van der Waals surface area contributed by atoms with Crippen LogP contribution in [-0.4, -0.2) is 18.2 Å². The van der Waals surface area contributed by atoms with Gasteiger partial charge in [-0.2, -0.15) is 0 Å². The third kappa shape index (κ3) is 3.03. The van der Waals surface area contributed by atoms with Crippen LogP contribution in [-0.2, 0) is 4.74 Å². The molecule has 0 aliphatic carbocycles. The number of benzene rings is 1. The summed E-state index contributed by atoms with van der Waals surface area (Å²) in [4.78, 5) is 4.12. The maximum atomic E-state index is 4.94.